The van der Waals surface area contributed by atoms with Gasteiger partial charge in [-0.3, -0.25) is 4.79 Å². The smallest absolute Gasteiger partial charge is 0.283 e. The summed E-state index contributed by atoms with van der Waals surface area (Å²) in [7, 11) is 3.00. The number of carbonyl (C=O) groups is 1. The van der Waals surface area contributed by atoms with Crippen LogP contribution in [0.3, 0.4) is 0 Å². The molecule has 0 bridgehead atoms. The second-order valence-electron chi connectivity index (χ2n) is 5.80. The number of hydrogen-bond donors (Lipinski definition) is 0. The molecule has 6 nitrogen and oxygen atoms in total. The van der Waals surface area contributed by atoms with E-state index in [0.29, 0.717) is 46.3 Å². The highest BCUT2D eigenvalue weighted by molar-refractivity contribution is 7.16. The SMILES string of the molecule is CCOCCn1c(=NC(=O)c2cc(OC)ccc2OC)sc2cccc(F)c21. The lowest BCUT2D eigenvalue weighted by Gasteiger charge is -2.08. The quantitative estimate of drug-likeness (QED) is 0.564. The van der Waals surface area contributed by atoms with E-state index < -0.39 is 5.91 Å². The molecule has 1 amide bonds. The number of nitrogens with zero attached hydrogens (tertiary/aromatic N) is 2. The van der Waals surface area contributed by atoms with E-state index in [1.54, 1.807) is 34.9 Å². The Morgan fingerprint density at radius 2 is 2.04 bits per heavy atom. The van der Waals surface area contributed by atoms with Crippen LogP contribution in [0.25, 0.3) is 10.2 Å². The summed E-state index contributed by atoms with van der Waals surface area (Å²) < 4.78 is 32.7. The van der Waals surface area contributed by atoms with Crippen LogP contribution in [0.15, 0.2) is 41.4 Å². The van der Waals surface area contributed by atoms with Crippen LogP contribution in [0.4, 0.5) is 4.39 Å². The van der Waals surface area contributed by atoms with Crippen LogP contribution in [0.1, 0.15) is 17.3 Å². The number of aromatic nitrogens is 1. The van der Waals surface area contributed by atoms with Gasteiger partial charge in [0.05, 0.1) is 36.6 Å². The van der Waals surface area contributed by atoms with Crippen LogP contribution < -0.4 is 14.3 Å². The van der Waals surface area contributed by atoms with Gasteiger partial charge in [-0.2, -0.15) is 4.99 Å². The summed E-state index contributed by atoms with van der Waals surface area (Å²) in [4.78, 5) is 17.5. The third-order valence-electron chi connectivity index (χ3n) is 4.15. The summed E-state index contributed by atoms with van der Waals surface area (Å²) >= 11 is 1.25. The maximum absolute atomic E-state index is 14.4. The van der Waals surface area contributed by atoms with E-state index in [2.05, 4.69) is 4.99 Å². The molecule has 0 saturated carbocycles. The summed E-state index contributed by atoms with van der Waals surface area (Å²) in [6, 6.07) is 9.75. The number of thiazole rings is 1. The zero-order valence-corrected chi connectivity index (χ0v) is 16.7. The van der Waals surface area contributed by atoms with Gasteiger partial charge in [0.15, 0.2) is 4.80 Å². The number of para-hydroxylation sites is 1. The van der Waals surface area contributed by atoms with Crippen molar-refractivity contribution in [2.45, 2.75) is 13.5 Å². The minimum atomic E-state index is -0.493. The normalized spacial score (nSPS) is 11.8. The molecular weight excluding hydrogens is 383 g/mol. The molecule has 0 atom stereocenters. The third kappa shape index (κ3) is 4.07. The van der Waals surface area contributed by atoms with Crippen molar-refractivity contribution < 1.29 is 23.4 Å². The minimum absolute atomic E-state index is 0.274. The second-order valence-corrected chi connectivity index (χ2v) is 6.81. The summed E-state index contributed by atoms with van der Waals surface area (Å²) in [6.45, 7) is 3.22. The highest BCUT2D eigenvalue weighted by Gasteiger charge is 2.16. The van der Waals surface area contributed by atoms with Crippen molar-refractivity contribution in [3.8, 4) is 11.5 Å². The number of ether oxygens (including phenoxy) is 3. The molecule has 0 radical (unpaired) electrons. The fraction of sp³-hybridized carbons (Fsp3) is 0.300. The predicted octanol–water partition coefficient (Wildman–Crippen LogP) is 3.64. The molecule has 1 aromatic heterocycles. The molecule has 0 aliphatic heterocycles. The van der Waals surface area contributed by atoms with Crippen LogP contribution in [-0.4, -0.2) is 37.9 Å². The van der Waals surface area contributed by atoms with Crippen molar-refractivity contribution in [3.63, 3.8) is 0 Å². The van der Waals surface area contributed by atoms with Gasteiger partial charge in [-0.05, 0) is 37.3 Å². The van der Waals surface area contributed by atoms with E-state index in [1.807, 2.05) is 6.92 Å². The number of carbonyl (C=O) groups excluding carboxylic acids is 1. The number of benzene rings is 2. The zero-order valence-electron chi connectivity index (χ0n) is 15.9. The summed E-state index contributed by atoms with van der Waals surface area (Å²) in [5.74, 6) is 0.0552. The lowest BCUT2D eigenvalue weighted by Crippen LogP contribution is -2.20. The average Bonchev–Trinajstić information content (AvgIpc) is 3.06. The maximum Gasteiger partial charge on any atom is 0.283 e. The first-order chi connectivity index (χ1) is 13.6. The first kappa shape index (κ1) is 20.0. The Morgan fingerprint density at radius 3 is 2.75 bits per heavy atom. The highest BCUT2D eigenvalue weighted by Crippen LogP contribution is 2.25. The Bertz CT molecular complexity index is 1060. The molecule has 3 rings (SSSR count). The van der Waals surface area contributed by atoms with Crippen LogP contribution >= 0.6 is 11.3 Å². The van der Waals surface area contributed by atoms with Crippen molar-refractivity contribution in [2.75, 3.05) is 27.4 Å². The first-order valence-corrected chi connectivity index (χ1v) is 9.57. The molecule has 3 aromatic rings. The molecule has 8 heteroatoms. The molecule has 0 aliphatic rings. The standard InChI is InChI=1S/C20H21FN2O4S/c1-4-27-11-10-23-18-15(21)6-5-7-17(18)28-20(23)22-19(24)14-12-13(25-2)8-9-16(14)26-3/h5-9,12H,4,10-11H2,1-3H3. The van der Waals surface area contributed by atoms with Crippen molar-refractivity contribution in [2.24, 2.45) is 4.99 Å². The molecular formula is C20H21FN2O4S. The van der Waals surface area contributed by atoms with Gasteiger partial charge in [-0.15, -0.1) is 0 Å². The van der Waals surface area contributed by atoms with E-state index in [1.165, 1.54) is 31.6 Å². The molecule has 1 heterocycles. The zero-order chi connectivity index (χ0) is 20.1. The molecule has 0 spiro atoms. The maximum atomic E-state index is 14.4. The van der Waals surface area contributed by atoms with Gasteiger partial charge >= 0.3 is 0 Å². The lowest BCUT2D eigenvalue weighted by molar-refractivity contribution is 0.0993. The Hall–Kier alpha value is -2.71. The van der Waals surface area contributed by atoms with Gasteiger partial charge in [0.2, 0.25) is 0 Å². The molecule has 0 aliphatic carbocycles. The molecule has 2 aromatic carbocycles. The Labute approximate surface area is 165 Å². The number of halogens is 1. The molecule has 0 unspecified atom stereocenters. The molecule has 28 heavy (non-hydrogen) atoms. The fourth-order valence-corrected chi connectivity index (χ4v) is 3.88. The molecule has 0 fully saturated rings. The van der Waals surface area contributed by atoms with Crippen LogP contribution in [-0.2, 0) is 11.3 Å². The number of rotatable bonds is 7. The Kier molecular flexibility index (Phi) is 6.43. The Morgan fingerprint density at radius 1 is 1.21 bits per heavy atom. The van der Waals surface area contributed by atoms with Crippen molar-refractivity contribution in [3.05, 3.63) is 52.6 Å². The van der Waals surface area contributed by atoms with E-state index >= 15 is 0 Å². The Balaban J connectivity index is 2.12. The second kappa shape index (κ2) is 8.99. The van der Waals surface area contributed by atoms with Gasteiger partial charge in [-0.1, -0.05) is 17.4 Å². The van der Waals surface area contributed by atoms with Gasteiger partial charge < -0.3 is 18.8 Å². The van der Waals surface area contributed by atoms with Crippen molar-refractivity contribution >= 4 is 27.5 Å². The summed E-state index contributed by atoms with van der Waals surface area (Å²) in [5, 5.41) is 0. The lowest BCUT2D eigenvalue weighted by atomic mass is 10.2. The van der Waals surface area contributed by atoms with E-state index in [0.717, 1.165) is 0 Å². The summed E-state index contributed by atoms with van der Waals surface area (Å²) in [6.07, 6.45) is 0. The molecule has 0 saturated heterocycles. The number of hydrogen-bond acceptors (Lipinski definition) is 5. The largest absolute Gasteiger partial charge is 0.497 e. The topological polar surface area (TPSA) is 62.1 Å². The van der Waals surface area contributed by atoms with Gasteiger partial charge in [-0.25, -0.2) is 4.39 Å². The number of methoxy groups -OCH3 is 2. The van der Waals surface area contributed by atoms with E-state index in [-0.39, 0.29) is 11.4 Å². The molecule has 0 N–H and O–H groups in total. The van der Waals surface area contributed by atoms with Crippen LogP contribution in [0, 0.1) is 5.82 Å². The first-order valence-electron chi connectivity index (χ1n) is 8.75. The average molecular weight is 404 g/mol. The van der Waals surface area contributed by atoms with E-state index in [9.17, 15) is 9.18 Å². The number of amides is 1. The summed E-state index contributed by atoms with van der Waals surface area (Å²) in [5.41, 5.74) is 0.687. The van der Waals surface area contributed by atoms with Crippen LogP contribution in [0.5, 0.6) is 11.5 Å². The van der Waals surface area contributed by atoms with Crippen molar-refractivity contribution in [1.29, 1.82) is 0 Å². The fourth-order valence-electron chi connectivity index (χ4n) is 2.81. The van der Waals surface area contributed by atoms with Crippen molar-refractivity contribution in [1.82, 2.24) is 4.57 Å². The number of fused-ring (bicyclic) bond motifs is 1. The van der Waals surface area contributed by atoms with Crippen LogP contribution in [0.2, 0.25) is 0 Å². The predicted molar refractivity (Wildman–Crippen MR) is 106 cm³/mol. The highest BCUT2D eigenvalue weighted by atomic mass is 32.1. The van der Waals surface area contributed by atoms with Gasteiger partial charge in [0.1, 0.15) is 17.3 Å². The third-order valence-corrected chi connectivity index (χ3v) is 5.19. The van der Waals surface area contributed by atoms with E-state index in [4.69, 9.17) is 14.2 Å². The van der Waals surface area contributed by atoms with Gasteiger partial charge in [0.25, 0.3) is 5.91 Å². The minimum Gasteiger partial charge on any atom is -0.497 e. The molecule has 148 valence electrons. The van der Waals surface area contributed by atoms with Gasteiger partial charge in [0, 0.05) is 13.2 Å². The monoisotopic (exact) mass is 404 g/mol.